The normalized spacial score (nSPS) is 12.0. The first kappa shape index (κ1) is 17.0. The van der Waals surface area contributed by atoms with Crippen molar-refractivity contribution >= 4 is 16.9 Å². The number of hydrogen-bond donors (Lipinski definition) is 1. The lowest BCUT2D eigenvalue weighted by Crippen LogP contribution is -2.08. The van der Waals surface area contributed by atoms with Crippen molar-refractivity contribution in [2.45, 2.75) is 26.8 Å². The van der Waals surface area contributed by atoms with Crippen molar-refractivity contribution in [2.24, 2.45) is 0 Å². The number of ether oxygens (including phenoxy) is 2. The van der Waals surface area contributed by atoms with E-state index in [1.165, 1.54) is 5.56 Å². The quantitative estimate of drug-likeness (QED) is 0.683. The molecule has 0 bridgehead atoms. The Balaban J connectivity index is 1.89. The molecule has 1 aromatic heterocycles. The molecule has 0 amide bonds. The van der Waals surface area contributed by atoms with Gasteiger partial charge >= 0.3 is 0 Å². The number of benzene rings is 2. The molecule has 5 heteroatoms. The number of rotatable bonds is 7. The van der Waals surface area contributed by atoms with Crippen LogP contribution < -0.4 is 14.8 Å². The Morgan fingerprint density at radius 3 is 2.24 bits per heavy atom. The maximum atomic E-state index is 5.67. The number of nitrogens with zero attached hydrogens (tertiary/aromatic N) is 2. The smallest absolute Gasteiger partial charge is 0.163 e. The Hall–Kier alpha value is -2.82. The van der Waals surface area contributed by atoms with Crippen LogP contribution in [0.2, 0.25) is 0 Å². The Morgan fingerprint density at radius 1 is 0.960 bits per heavy atom. The highest BCUT2D eigenvalue weighted by molar-refractivity contribution is 5.80. The Labute approximate surface area is 148 Å². The summed E-state index contributed by atoms with van der Waals surface area (Å²) in [5, 5.41) is 3.40. The molecule has 1 N–H and O–H groups in total. The molecule has 0 aliphatic rings. The van der Waals surface area contributed by atoms with Crippen LogP contribution in [0.4, 0.5) is 5.82 Å². The summed E-state index contributed by atoms with van der Waals surface area (Å²) in [5.74, 6) is 2.12. The fourth-order valence-electron chi connectivity index (χ4n) is 2.67. The van der Waals surface area contributed by atoms with E-state index >= 15 is 0 Å². The van der Waals surface area contributed by atoms with Crippen LogP contribution in [0.15, 0.2) is 48.7 Å². The highest BCUT2D eigenvalue weighted by Gasteiger charge is 2.11. The molecule has 1 atom stereocenters. The second-order valence-corrected chi connectivity index (χ2v) is 5.69. The van der Waals surface area contributed by atoms with Crippen LogP contribution >= 0.6 is 0 Å². The Morgan fingerprint density at radius 2 is 1.60 bits per heavy atom. The third kappa shape index (κ3) is 3.99. The van der Waals surface area contributed by atoms with Gasteiger partial charge in [-0.2, -0.15) is 0 Å². The molecule has 1 heterocycles. The Kier molecular flexibility index (Phi) is 5.33. The van der Waals surface area contributed by atoms with Crippen molar-refractivity contribution in [3.8, 4) is 11.5 Å². The maximum absolute atomic E-state index is 5.67. The topological polar surface area (TPSA) is 56.3 Å². The predicted molar refractivity (Wildman–Crippen MR) is 100 cm³/mol. The second kappa shape index (κ2) is 7.83. The van der Waals surface area contributed by atoms with E-state index in [1.54, 1.807) is 6.20 Å². The van der Waals surface area contributed by atoms with E-state index in [-0.39, 0.29) is 6.04 Å². The van der Waals surface area contributed by atoms with Gasteiger partial charge in [-0.1, -0.05) is 30.3 Å². The van der Waals surface area contributed by atoms with Gasteiger partial charge in [-0.05, 0) is 26.3 Å². The molecular formula is C20H23N3O2. The fraction of sp³-hybridized carbons (Fsp3) is 0.300. The summed E-state index contributed by atoms with van der Waals surface area (Å²) in [7, 11) is 0. The summed E-state index contributed by atoms with van der Waals surface area (Å²) in [6, 6.07) is 14.2. The highest BCUT2D eigenvalue weighted by Crippen LogP contribution is 2.32. The number of anilines is 1. The lowest BCUT2D eigenvalue weighted by Gasteiger charge is -2.16. The molecule has 0 saturated carbocycles. The second-order valence-electron chi connectivity index (χ2n) is 5.69. The van der Waals surface area contributed by atoms with Gasteiger partial charge in [0.25, 0.3) is 0 Å². The molecule has 0 aliphatic heterocycles. The monoisotopic (exact) mass is 337 g/mol. The molecule has 5 nitrogen and oxygen atoms in total. The zero-order chi connectivity index (χ0) is 17.6. The molecular weight excluding hydrogens is 314 g/mol. The van der Waals surface area contributed by atoms with Gasteiger partial charge in [0.2, 0.25) is 0 Å². The van der Waals surface area contributed by atoms with E-state index in [4.69, 9.17) is 9.47 Å². The van der Waals surface area contributed by atoms with E-state index in [0.717, 1.165) is 16.9 Å². The average Bonchev–Trinajstić information content (AvgIpc) is 2.63. The van der Waals surface area contributed by atoms with Gasteiger partial charge in [0, 0.05) is 18.2 Å². The lowest BCUT2D eigenvalue weighted by atomic mass is 10.1. The van der Waals surface area contributed by atoms with Gasteiger partial charge in [-0.3, -0.25) is 4.98 Å². The average molecular weight is 337 g/mol. The molecule has 0 fully saturated rings. The minimum Gasteiger partial charge on any atom is -0.490 e. The maximum Gasteiger partial charge on any atom is 0.163 e. The minimum absolute atomic E-state index is 0.141. The molecule has 0 saturated heterocycles. The molecule has 25 heavy (non-hydrogen) atoms. The fourth-order valence-corrected chi connectivity index (χ4v) is 2.67. The summed E-state index contributed by atoms with van der Waals surface area (Å²) in [4.78, 5) is 9.19. The van der Waals surface area contributed by atoms with E-state index < -0.39 is 0 Å². The van der Waals surface area contributed by atoms with Crippen LogP contribution in [0.3, 0.4) is 0 Å². The van der Waals surface area contributed by atoms with Gasteiger partial charge in [-0.15, -0.1) is 0 Å². The molecule has 130 valence electrons. The molecule has 0 spiro atoms. The van der Waals surface area contributed by atoms with E-state index in [2.05, 4.69) is 34.3 Å². The van der Waals surface area contributed by atoms with Gasteiger partial charge in [-0.25, -0.2) is 4.98 Å². The van der Waals surface area contributed by atoms with Crippen molar-refractivity contribution in [3.05, 3.63) is 54.2 Å². The van der Waals surface area contributed by atoms with Gasteiger partial charge in [0.15, 0.2) is 11.5 Å². The standard InChI is InChI=1S/C20H23N3O2/c1-4-24-18-11-16-17(12-19(18)25-5-2)23-20(13-21-16)22-14(3)15-9-7-6-8-10-15/h6-14H,4-5H2,1-3H3,(H,22,23)/t14-/m0/s1. The molecule has 0 unspecified atom stereocenters. The van der Waals surface area contributed by atoms with E-state index in [0.29, 0.717) is 24.7 Å². The summed E-state index contributed by atoms with van der Waals surface area (Å²) in [5.41, 5.74) is 2.76. The zero-order valence-electron chi connectivity index (χ0n) is 14.8. The molecule has 2 aromatic carbocycles. The molecule has 3 aromatic rings. The third-order valence-corrected chi connectivity index (χ3v) is 3.87. The highest BCUT2D eigenvalue weighted by atomic mass is 16.5. The number of hydrogen-bond acceptors (Lipinski definition) is 5. The number of aromatic nitrogens is 2. The van der Waals surface area contributed by atoms with E-state index in [1.807, 2.05) is 44.2 Å². The predicted octanol–water partition coefficient (Wildman–Crippen LogP) is 4.60. The van der Waals surface area contributed by atoms with E-state index in [9.17, 15) is 0 Å². The van der Waals surface area contributed by atoms with Crippen LogP contribution in [0.1, 0.15) is 32.4 Å². The van der Waals surface area contributed by atoms with Crippen molar-refractivity contribution in [2.75, 3.05) is 18.5 Å². The summed E-state index contributed by atoms with van der Waals surface area (Å²) in [6.07, 6.45) is 1.75. The zero-order valence-corrected chi connectivity index (χ0v) is 14.8. The number of fused-ring (bicyclic) bond motifs is 1. The van der Waals surface area contributed by atoms with Crippen LogP contribution in [0.5, 0.6) is 11.5 Å². The molecule has 0 radical (unpaired) electrons. The van der Waals surface area contributed by atoms with Gasteiger partial charge in [0.05, 0.1) is 30.4 Å². The van der Waals surface area contributed by atoms with Crippen molar-refractivity contribution in [3.63, 3.8) is 0 Å². The van der Waals surface area contributed by atoms with Crippen LogP contribution in [-0.4, -0.2) is 23.2 Å². The van der Waals surface area contributed by atoms with Crippen LogP contribution in [-0.2, 0) is 0 Å². The van der Waals surface area contributed by atoms with Gasteiger partial charge in [0.1, 0.15) is 5.82 Å². The first-order chi connectivity index (χ1) is 12.2. The van der Waals surface area contributed by atoms with Crippen LogP contribution in [0, 0.1) is 0 Å². The summed E-state index contributed by atoms with van der Waals surface area (Å²) < 4.78 is 11.3. The van der Waals surface area contributed by atoms with Crippen molar-refractivity contribution in [1.82, 2.24) is 9.97 Å². The largest absolute Gasteiger partial charge is 0.490 e. The van der Waals surface area contributed by atoms with Gasteiger partial charge < -0.3 is 14.8 Å². The van der Waals surface area contributed by atoms with Crippen LogP contribution in [0.25, 0.3) is 11.0 Å². The lowest BCUT2D eigenvalue weighted by molar-refractivity contribution is 0.288. The summed E-state index contributed by atoms with van der Waals surface area (Å²) >= 11 is 0. The first-order valence-electron chi connectivity index (χ1n) is 8.59. The molecule has 0 aliphatic carbocycles. The minimum atomic E-state index is 0.141. The third-order valence-electron chi connectivity index (χ3n) is 3.87. The Bertz CT molecular complexity index is 837. The van der Waals surface area contributed by atoms with Crippen molar-refractivity contribution < 1.29 is 9.47 Å². The molecule has 3 rings (SSSR count). The summed E-state index contributed by atoms with van der Waals surface area (Å²) in [6.45, 7) is 7.15. The SMILES string of the molecule is CCOc1cc2ncc(N[C@@H](C)c3ccccc3)nc2cc1OCC. The number of nitrogens with one attached hydrogen (secondary N) is 1. The first-order valence-corrected chi connectivity index (χ1v) is 8.59. The van der Waals surface area contributed by atoms with Crippen molar-refractivity contribution in [1.29, 1.82) is 0 Å².